The Morgan fingerprint density at radius 2 is 0.959 bits per heavy atom. The number of benzene rings is 7. The highest BCUT2D eigenvalue weighted by molar-refractivity contribution is 6.19. The number of quaternary nitrogens is 1. The van der Waals surface area contributed by atoms with Crippen LogP contribution in [0, 0.1) is 0 Å². The predicted molar refractivity (Wildman–Crippen MR) is 203 cm³/mol. The fourth-order valence-electron chi connectivity index (χ4n) is 8.76. The third kappa shape index (κ3) is 4.33. The molecular formula is C46H36N3+. The van der Waals surface area contributed by atoms with Crippen LogP contribution < -0.4 is 5.32 Å². The van der Waals surface area contributed by atoms with Gasteiger partial charge in [0.1, 0.15) is 11.7 Å². The summed E-state index contributed by atoms with van der Waals surface area (Å²) in [5.41, 5.74) is 12.8. The molecule has 3 atom stereocenters. The van der Waals surface area contributed by atoms with E-state index < -0.39 is 0 Å². The zero-order valence-corrected chi connectivity index (χ0v) is 27.4. The van der Waals surface area contributed by atoms with Gasteiger partial charge in [-0.1, -0.05) is 122 Å². The number of hydrogen-bond donors (Lipinski definition) is 1. The lowest BCUT2D eigenvalue weighted by Crippen LogP contribution is -2.82. The molecule has 1 aliphatic rings. The van der Waals surface area contributed by atoms with E-state index in [1.54, 1.807) is 0 Å². The number of hydrogen-bond acceptors (Lipinski definition) is 0. The van der Waals surface area contributed by atoms with Gasteiger partial charge < -0.3 is 14.5 Å². The summed E-state index contributed by atoms with van der Waals surface area (Å²) in [5, 5.41) is 7.60. The number of aromatic nitrogens is 2. The van der Waals surface area contributed by atoms with Crippen molar-refractivity contribution in [1.29, 1.82) is 0 Å². The summed E-state index contributed by atoms with van der Waals surface area (Å²) in [4.78, 5) is 0. The zero-order chi connectivity index (χ0) is 32.5. The third-order valence-electron chi connectivity index (χ3n) is 11.0. The molecule has 3 nitrogen and oxygen atoms in total. The van der Waals surface area contributed by atoms with Crippen molar-refractivity contribution in [2.45, 2.75) is 24.8 Å². The van der Waals surface area contributed by atoms with E-state index in [9.17, 15) is 0 Å². The van der Waals surface area contributed by atoms with Gasteiger partial charge in [-0.15, -0.1) is 0 Å². The maximum Gasteiger partial charge on any atom is 0.133 e. The number of nitrogens with zero attached hydrogens (tertiary/aromatic N) is 2. The van der Waals surface area contributed by atoms with Crippen molar-refractivity contribution >= 4 is 49.3 Å². The highest BCUT2D eigenvalue weighted by atomic mass is 15.0. The first-order valence-electron chi connectivity index (χ1n) is 17.4. The van der Waals surface area contributed by atoms with Crippen LogP contribution in [0.2, 0.25) is 0 Å². The van der Waals surface area contributed by atoms with Crippen molar-refractivity contribution in [3.8, 4) is 11.4 Å². The molecule has 0 spiro atoms. The molecule has 3 heterocycles. The third-order valence-corrected chi connectivity index (χ3v) is 11.0. The van der Waals surface area contributed by atoms with Gasteiger partial charge in [-0.2, -0.15) is 0 Å². The molecule has 10 rings (SSSR count). The summed E-state index contributed by atoms with van der Waals surface area (Å²) in [5.74, 6) is 0.771. The fraction of sp³-hybridized carbons (Fsp3) is 0.0870. The van der Waals surface area contributed by atoms with E-state index >= 15 is 0 Å². The maximum atomic E-state index is 2.50. The molecule has 2 aromatic heterocycles. The minimum Gasteiger partial charge on any atom is -0.309 e. The molecule has 49 heavy (non-hydrogen) atoms. The number of fused-ring (bicyclic) bond motifs is 7. The van der Waals surface area contributed by atoms with Crippen LogP contribution in [-0.2, 0) is 0 Å². The summed E-state index contributed by atoms with van der Waals surface area (Å²) in [7, 11) is 0. The molecular weight excluding hydrogens is 595 g/mol. The monoisotopic (exact) mass is 630 g/mol. The van der Waals surface area contributed by atoms with E-state index in [1.807, 2.05) is 0 Å². The van der Waals surface area contributed by atoms with E-state index in [4.69, 9.17) is 0 Å². The Morgan fingerprint density at radius 1 is 0.429 bits per heavy atom. The molecule has 1 aliphatic heterocycles. The molecule has 3 heteroatoms. The summed E-state index contributed by atoms with van der Waals surface area (Å²) >= 11 is 0. The van der Waals surface area contributed by atoms with Crippen molar-refractivity contribution in [2.75, 3.05) is 0 Å². The summed E-state index contributed by atoms with van der Waals surface area (Å²) in [6.07, 6.45) is 0. The maximum absolute atomic E-state index is 2.50. The van der Waals surface area contributed by atoms with Gasteiger partial charge >= 0.3 is 0 Å². The number of rotatable bonds is 4. The van der Waals surface area contributed by atoms with Gasteiger partial charge in [0.15, 0.2) is 0 Å². The minimum atomic E-state index is 0.278. The average Bonchev–Trinajstić information content (AvgIpc) is 3.66. The molecule has 0 bridgehead atoms. The number of para-hydroxylation sites is 4. The van der Waals surface area contributed by atoms with Crippen LogP contribution in [0.5, 0.6) is 0 Å². The lowest BCUT2D eigenvalue weighted by molar-refractivity contribution is -0.627. The molecule has 0 fully saturated rings. The standard InChI is InChI=1S/C46H35N3/c1-30-35-18-8-11-21-40(35)47-46(45(30)31-14-4-2-5-15-31)32-24-26-34(27-25-32)49-42-23-13-10-20-37(42)39-28-38-36-19-9-12-22-41(36)48(43(38)29-44(39)49)33-16-6-3-7-17-33/h2-30,45-47H,1H3/p+1. The molecule has 2 N–H and O–H groups in total. The smallest absolute Gasteiger partial charge is 0.133 e. The van der Waals surface area contributed by atoms with Crippen LogP contribution in [-0.4, -0.2) is 9.13 Å². The second-order valence-electron chi connectivity index (χ2n) is 13.6. The minimum absolute atomic E-state index is 0.278. The zero-order valence-electron chi connectivity index (χ0n) is 27.4. The fourth-order valence-corrected chi connectivity index (χ4v) is 8.76. The normalized spacial score (nSPS) is 17.6. The first kappa shape index (κ1) is 28.1. The van der Waals surface area contributed by atoms with Crippen LogP contribution >= 0.6 is 0 Å². The Balaban J connectivity index is 1.16. The molecule has 0 saturated carbocycles. The van der Waals surface area contributed by atoms with Gasteiger partial charge in [-0.05, 0) is 66.1 Å². The van der Waals surface area contributed by atoms with Crippen molar-refractivity contribution < 1.29 is 5.32 Å². The van der Waals surface area contributed by atoms with Crippen LogP contribution in [0.3, 0.4) is 0 Å². The molecule has 0 saturated heterocycles. The second kappa shape index (κ2) is 11.1. The van der Waals surface area contributed by atoms with Gasteiger partial charge in [0.2, 0.25) is 0 Å². The van der Waals surface area contributed by atoms with Gasteiger partial charge in [0.25, 0.3) is 0 Å². The lowest BCUT2D eigenvalue weighted by Gasteiger charge is -2.36. The largest absolute Gasteiger partial charge is 0.309 e. The van der Waals surface area contributed by atoms with E-state index in [-0.39, 0.29) is 6.04 Å². The predicted octanol–water partition coefficient (Wildman–Crippen LogP) is 10.7. The summed E-state index contributed by atoms with van der Waals surface area (Å²) < 4.78 is 4.87. The van der Waals surface area contributed by atoms with Crippen LogP contribution in [0.1, 0.15) is 41.5 Å². The van der Waals surface area contributed by atoms with Gasteiger partial charge in [-0.3, -0.25) is 0 Å². The van der Waals surface area contributed by atoms with E-state index in [2.05, 4.69) is 191 Å². The average molecular weight is 631 g/mol. The molecule has 0 radical (unpaired) electrons. The SMILES string of the molecule is CC1c2ccccc2[NH2+]C(c2ccc(-n3c4ccccc4c4cc5c6ccccc6n(-c6ccccc6)c5cc43)cc2)C1c1ccccc1. The van der Waals surface area contributed by atoms with Crippen molar-refractivity contribution in [3.63, 3.8) is 0 Å². The van der Waals surface area contributed by atoms with Crippen molar-refractivity contribution in [1.82, 2.24) is 9.13 Å². The van der Waals surface area contributed by atoms with E-state index in [0.717, 1.165) is 0 Å². The topological polar surface area (TPSA) is 26.5 Å². The molecule has 0 amide bonds. The first-order chi connectivity index (χ1) is 24.2. The Bertz CT molecular complexity index is 2650. The molecule has 9 aromatic rings. The number of nitrogens with two attached hydrogens (primary N) is 1. The van der Waals surface area contributed by atoms with Crippen molar-refractivity contribution in [2.24, 2.45) is 0 Å². The second-order valence-corrected chi connectivity index (χ2v) is 13.6. The Kier molecular flexibility index (Phi) is 6.37. The highest BCUT2D eigenvalue weighted by Crippen LogP contribution is 2.45. The van der Waals surface area contributed by atoms with Gasteiger partial charge in [-0.25, -0.2) is 0 Å². The lowest BCUT2D eigenvalue weighted by atomic mass is 9.73. The molecule has 234 valence electrons. The van der Waals surface area contributed by atoms with Crippen LogP contribution in [0.25, 0.3) is 55.0 Å². The first-order valence-corrected chi connectivity index (χ1v) is 17.4. The summed E-state index contributed by atoms with van der Waals surface area (Å²) in [6, 6.07) is 62.9. The Labute approximate surface area is 285 Å². The van der Waals surface area contributed by atoms with E-state index in [0.29, 0.717) is 11.8 Å². The molecule has 0 aliphatic carbocycles. The van der Waals surface area contributed by atoms with Crippen LogP contribution in [0.15, 0.2) is 170 Å². The summed E-state index contributed by atoms with van der Waals surface area (Å²) in [6.45, 7) is 2.40. The quantitative estimate of drug-likeness (QED) is 0.187. The Morgan fingerprint density at radius 3 is 1.61 bits per heavy atom. The Hall–Kier alpha value is -5.90. The van der Waals surface area contributed by atoms with Gasteiger partial charge in [0, 0.05) is 50.0 Å². The molecule has 7 aromatic carbocycles. The van der Waals surface area contributed by atoms with E-state index in [1.165, 1.54) is 77.4 Å². The van der Waals surface area contributed by atoms with Gasteiger partial charge in [0.05, 0.1) is 22.1 Å². The molecule has 3 unspecified atom stereocenters. The van der Waals surface area contributed by atoms with Crippen molar-refractivity contribution in [3.05, 3.63) is 187 Å². The van der Waals surface area contributed by atoms with Crippen LogP contribution in [0.4, 0.5) is 5.69 Å². The highest BCUT2D eigenvalue weighted by Gasteiger charge is 2.39.